The van der Waals surface area contributed by atoms with Crippen LogP contribution in [0.5, 0.6) is 0 Å². The quantitative estimate of drug-likeness (QED) is 0.789. The first kappa shape index (κ1) is 14.9. The number of nitrogens with one attached hydrogen (secondary N) is 1. The first-order valence-corrected chi connectivity index (χ1v) is 8.12. The molecular weight excluding hydrogens is 324 g/mol. The normalized spacial score (nSPS) is 19.0. The molecule has 0 bridgehead atoms. The summed E-state index contributed by atoms with van der Waals surface area (Å²) in [7, 11) is 0. The van der Waals surface area contributed by atoms with Gasteiger partial charge in [0.2, 0.25) is 5.91 Å². The zero-order valence-corrected chi connectivity index (χ0v) is 13.5. The Balaban J connectivity index is 1.52. The smallest absolute Gasteiger partial charge is 0.228 e. The molecule has 0 radical (unpaired) electrons. The van der Waals surface area contributed by atoms with Crippen LogP contribution in [0.4, 0.5) is 5.69 Å². The second kappa shape index (κ2) is 6.09. The van der Waals surface area contributed by atoms with Crippen molar-refractivity contribution in [1.29, 1.82) is 0 Å². The summed E-state index contributed by atoms with van der Waals surface area (Å²) in [6.45, 7) is 0. The largest absolute Gasteiger partial charge is 0.323 e. The van der Waals surface area contributed by atoms with Crippen LogP contribution in [0.1, 0.15) is 17.9 Å². The average Bonchev–Trinajstić information content (AvgIpc) is 3.20. The maximum atomic E-state index is 12.6. The van der Waals surface area contributed by atoms with Crippen molar-refractivity contribution in [3.63, 3.8) is 0 Å². The molecule has 6 heteroatoms. The van der Waals surface area contributed by atoms with E-state index in [0.717, 1.165) is 17.0 Å². The molecular formula is C18H15ClN4O. The molecule has 1 fully saturated rings. The first-order chi connectivity index (χ1) is 11.7. The summed E-state index contributed by atoms with van der Waals surface area (Å²) in [6.07, 6.45) is 5.96. The number of halogens is 1. The number of nitrogens with zero attached hydrogens (tertiary/aromatic N) is 3. The second-order valence-electron chi connectivity index (χ2n) is 5.78. The molecule has 1 aliphatic rings. The fraction of sp³-hybridized carbons (Fsp3) is 0.167. The monoisotopic (exact) mass is 338 g/mol. The molecule has 5 nitrogen and oxygen atoms in total. The minimum absolute atomic E-state index is 0.0127. The highest BCUT2D eigenvalue weighted by Gasteiger charge is 2.44. The highest BCUT2D eigenvalue weighted by Crippen LogP contribution is 2.50. The lowest BCUT2D eigenvalue weighted by Gasteiger charge is -2.10. The van der Waals surface area contributed by atoms with Gasteiger partial charge in [-0.1, -0.05) is 29.8 Å². The van der Waals surface area contributed by atoms with Crippen LogP contribution in [0.15, 0.2) is 61.1 Å². The van der Waals surface area contributed by atoms with Gasteiger partial charge >= 0.3 is 0 Å². The minimum atomic E-state index is -0.0597. The third-order valence-electron chi connectivity index (χ3n) is 4.20. The van der Waals surface area contributed by atoms with E-state index in [-0.39, 0.29) is 17.7 Å². The number of pyridine rings is 1. The Morgan fingerprint density at radius 3 is 2.83 bits per heavy atom. The van der Waals surface area contributed by atoms with E-state index in [9.17, 15) is 4.79 Å². The van der Waals surface area contributed by atoms with E-state index < -0.39 is 0 Å². The number of rotatable bonds is 4. The van der Waals surface area contributed by atoms with Crippen molar-refractivity contribution in [2.45, 2.75) is 12.3 Å². The predicted octanol–water partition coefficient (Wildman–Crippen LogP) is 3.66. The molecule has 0 aliphatic heterocycles. The van der Waals surface area contributed by atoms with Gasteiger partial charge in [-0.25, -0.2) is 9.67 Å². The molecule has 0 spiro atoms. The number of benzene rings is 1. The molecule has 2 aromatic heterocycles. The van der Waals surface area contributed by atoms with Crippen LogP contribution in [0, 0.1) is 5.92 Å². The fourth-order valence-electron chi connectivity index (χ4n) is 2.90. The van der Waals surface area contributed by atoms with Gasteiger partial charge in [0.25, 0.3) is 0 Å². The van der Waals surface area contributed by atoms with Crippen molar-refractivity contribution in [2.75, 3.05) is 5.32 Å². The molecule has 0 saturated heterocycles. The van der Waals surface area contributed by atoms with Crippen LogP contribution in [0.3, 0.4) is 0 Å². The van der Waals surface area contributed by atoms with Crippen molar-refractivity contribution in [2.24, 2.45) is 5.92 Å². The molecule has 24 heavy (non-hydrogen) atoms. The standard InChI is InChI=1S/C18H15ClN4O/c19-15-6-2-1-5-12(15)13-11-14(13)18(24)22-16-7-3-8-20-17(16)23-10-4-9-21-23/h1-10,13-14H,11H2,(H,22,24)/t13-,14+/m0/s1. The number of carbonyl (C=O) groups is 1. The third-order valence-corrected chi connectivity index (χ3v) is 4.54. The van der Waals surface area contributed by atoms with Gasteiger partial charge in [-0.15, -0.1) is 0 Å². The lowest BCUT2D eigenvalue weighted by Crippen LogP contribution is -2.17. The van der Waals surface area contributed by atoms with E-state index in [4.69, 9.17) is 11.6 Å². The lowest BCUT2D eigenvalue weighted by atomic mass is 10.1. The van der Waals surface area contributed by atoms with Crippen LogP contribution in [-0.4, -0.2) is 20.7 Å². The van der Waals surface area contributed by atoms with Gasteiger partial charge < -0.3 is 5.32 Å². The fourth-order valence-corrected chi connectivity index (χ4v) is 3.18. The summed E-state index contributed by atoms with van der Waals surface area (Å²) in [5, 5.41) is 7.87. The third kappa shape index (κ3) is 2.78. The van der Waals surface area contributed by atoms with Gasteiger partial charge in [-0.2, -0.15) is 5.10 Å². The molecule has 2 heterocycles. The summed E-state index contributed by atoms with van der Waals surface area (Å²) in [5.74, 6) is 0.714. The van der Waals surface area contributed by atoms with Crippen LogP contribution in [-0.2, 0) is 4.79 Å². The highest BCUT2D eigenvalue weighted by molar-refractivity contribution is 6.31. The Kier molecular flexibility index (Phi) is 3.78. The predicted molar refractivity (Wildman–Crippen MR) is 92.3 cm³/mol. The van der Waals surface area contributed by atoms with Gasteiger partial charge in [0.1, 0.15) is 0 Å². The molecule has 1 aliphatic carbocycles. The Hall–Kier alpha value is -2.66. The molecule has 2 atom stereocenters. The van der Waals surface area contributed by atoms with Crippen LogP contribution >= 0.6 is 11.6 Å². The number of hydrogen-bond donors (Lipinski definition) is 1. The number of aromatic nitrogens is 3. The van der Waals surface area contributed by atoms with Gasteiger partial charge in [-0.05, 0) is 42.2 Å². The van der Waals surface area contributed by atoms with Crippen molar-refractivity contribution in [3.05, 3.63) is 71.6 Å². The van der Waals surface area contributed by atoms with E-state index in [1.54, 1.807) is 29.3 Å². The SMILES string of the molecule is O=C(Nc1cccnc1-n1cccn1)[C@@H]1C[C@H]1c1ccccc1Cl. The molecule has 1 saturated carbocycles. The van der Waals surface area contributed by atoms with Gasteiger partial charge in [-0.3, -0.25) is 4.79 Å². The van der Waals surface area contributed by atoms with E-state index in [0.29, 0.717) is 11.5 Å². The summed E-state index contributed by atoms with van der Waals surface area (Å²) < 4.78 is 1.63. The Morgan fingerprint density at radius 1 is 1.17 bits per heavy atom. The first-order valence-electron chi connectivity index (χ1n) is 7.74. The second-order valence-corrected chi connectivity index (χ2v) is 6.19. The molecule has 1 aromatic carbocycles. The van der Waals surface area contributed by atoms with E-state index in [2.05, 4.69) is 15.4 Å². The van der Waals surface area contributed by atoms with E-state index >= 15 is 0 Å². The molecule has 1 amide bonds. The van der Waals surface area contributed by atoms with E-state index in [1.165, 1.54) is 0 Å². The maximum absolute atomic E-state index is 12.6. The molecule has 120 valence electrons. The summed E-state index contributed by atoms with van der Waals surface area (Å²) in [5.41, 5.74) is 1.69. The number of hydrogen-bond acceptors (Lipinski definition) is 3. The maximum Gasteiger partial charge on any atom is 0.228 e. The highest BCUT2D eigenvalue weighted by atomic mass is 35.5. The summed E-state index contributed by atoms with van der Waals surface area (Å²) in [6, 6.07) is 13.1. The van der Waals surface area contributed by atoms with Crippen LogP contribution in [0.25, 0.3) is 5.82 Å². The summed E-state index contributed by atoms with van der Waals surface area (Å²) in [4.78, 5) is 16.9. The minimum Gasteiger partial charge on any atom is -0.323 e. The Labute approximate surface area is 144 Å². The van der Waals surface area contributed by atoms with Crippen molar-refractivity contribution in [3.8, 4) is 5.82 Å². The van der Waals surface area contributed by atoms with Gasteiger partial charge in [0.05, 0.1) is 5.69 Å². The Morgan fingerprint density at radius 2 is 2.04 bits per heavy atom. The number of amides is 1. The zero-order valence-electron chi connectivity index (χ0n) is 12.8. The molecule has 3 aromatic rings. The van der Waals surface area contributed by atoms with Crippen LogP contribution in [0.2, 0.25) is 5.02 Å². The van der Waals surface area contributed by atoms with Crippen LogP contribution < -0.4 is 5.32 Å². The number of anilines is 1. The topological polar surface area (TPSA) is 59.8 Å². The van der Waals surface area contributed by atoms with Crippen molar-refractivity contribution < 1.29 is 4.79 Å². The lowest BCUT2D eigenvalue weighted by molar-refractivity contribution is -0.117. The van der Waals surface area contributed by atoms with Gasteiger partial charge in [0.15, 0.2) is 5.82 Å². The van der Waals surface area contributed by atoms with Crippen molar-refractivity contribution >= 4 is 23.2 Å². The van der Waals surface area contributed by atoms with Gasteiger partial charge in [0, 0.05) is 29.5 Å². The van der Waals surface area contributed by atoms with E-state index in [1.807, 2.05) is 36.4 Å². The number of carbonyl (C=O) groups excluding carboxylic acids is 1. The average molecular weight is 339 g/mol. The molecule has 4 rings (SSSR count). The Bertz CT molecular complexity index is 878. The van der Waals surface area contributed by atoms with Crippen molar-refractivity contribution in [1.82, 2.24) is 14.8 Å². The molecule has 0 unspecified atom stereocenters. The zero-order chi connectivity index (χ0) is 16.5. The molecule has 1 N–H and O–H groups in total. The summed E-state index contributed by atoms with van der Waals surface area (Å²) >= 11 is 6.23.